The van der Waals surface area contributed by atoms with Crippen LogP contribution in [0.2, 0.25) is 0 Å². The highest BCUT2D eigenvalue weighted by Gasteiger charge is 2.26. The summed E-state index contributed by atoms with van der Waals surface area (Å²) < 4.78 is 0. The number of amides is 2. The number of carbonyl (C=O) groups excluding carboxylic acids is 2. The SMILES string of the molecule is CC(C)N(CC(=O)N(Cc1ccccc1)Cc1cccs1)C(=O)c1cccc2ccccc12. The van der Waals surface area contributed by atoms with Crippen molar-refractivity contribution in [3.8, 4) is 0 Å². The molecule has 1 heterocycles. The zero-order valence-electron chi connectivity index (χ0n) is 19.0. The summed E-state index contributed by atoms with van der Waals surface area (Å²) in [5.41, 5.74) is 1.70. The Morgan fingerprint density at radius 1 is 0.818 bits per heavy atom. The van der Waals surface area contributed by atoms with Gasteiger partial charge in [-0.15, -0.1) is 11.3 Å². The molecule has 0 unspecified atom stereocenters. The van der Waals surface area contributed by atoms with Crippen molar-refractivity contribution in [2.24, 2.45) is 0 Å². The third kappa shape index (κ3) is 5.49. The molecule has 0 atom stereocenters. The third-order valence-corrected chi connectivity index (χ3v) is 6.57. The van der Waals surface area contributed by atoms with Crippen LogP contribution in [0.5, 0.6) is 0 Å². The minimum absolute atomic E-state index is 0.0396. The van der Waals surface area contributed by atoms with E-state index in [-0.39, 0.29) is 24.4 Å². The molecule has 0 N–H and O–H groups in total. The van der Waals surface area contributed by atoms with Crippen LogP contribution in [0, 0.1) is 0 Å². The van der Waals surface area contributed by atoms with Crippen LogP contribution in [0.1, 0.15) is 34.6 Å². The summed E-state index contributed by atoms with van der Waals surface area (Å²) in [6.07, 6.45) is 0. The summed E-state index contributed by atoms with van der Waals surface area (Å²) in [4.78, 5) is 31.8. The van der Waals surface area contributed by atoms with Gasteiger partial charge in [-0.25, -0.2) is 0 Å². The molecule has 1 aromatic heterocycles. The molecule has 0 bridgehead atoms. The summed E-state index contributed by atoms with van der Waals surface area (Å²) in [6.45, 7) is 4.98. The van der Waals surface area contributed by atoms with Crippen LogP contribution in [0.15, 0.2) is 90.3 Å². The molecule has 4 nitrogen and oxygen atoms in total. The number of hydrogen-bond acceptors (Lipinski definition) is 3. The molecule has 0 spiro atoms. The second-order valence-electron chi connectivity index (χ2n) is 8.37. The van der Waals surface area contributed by atoms with E-state index in [2.05, 4.69) is 0 Å². The summed E-state index contributed by atoms with van der Waals surface area (Å²) in [7, 11) is 0. The Kier molecular flexibility index (Phi) is 7.20. The molecule has 0 saturated carbocycles. The predicted octanol–water partition coefficient (Wildman–Crippen LogP) is 5.98. The van der Waals surface area contributed by atoms with Gasteiger partial charge in [0.25, 0.3) is 5.91 Å². The van der Waals surface area contributed by atoms with Crippen LogP contribution in [0.25, 0.3) is 10.8 Å². The fourth-order valence-corrected chi connectivity index (χ4v) is 4.65. The van der Waals surface area contributed by atoms with Crippen molar-refractivity contribution in [2.45, 2.75) is 33.0 Å². The normalized spacial score (nSPS) is 11.0. The van der Waals surface area contributed by atoms with E-state index in [0.717, 1.165) is 21.2 Å². The molecule has 0 radical (unpaired) electrons. The smallest absolute Gasteiger partial charge is 0.255 e. The summed E-state index contributed by atoms with van der Waals surface area (Å²) >= 11 is 1.63. The van der Waals surface area contributed by atoms with Crippen molar-refractivity contribution < 1.29 is 9.59 Å². The van der Waals surface area contributed by atoms with Crippen LogP contribution >= 0.6 is 11.3 Å². The van der Waals surface area contributed by atoms with Crippen LogP contribution in [-0.2, 0) is 17.9 Å². The lowest BCUT2D eigenvalue weighted by Crippen LogP contribution is -2.45. The Morgan fingerprint density at radius 2 is 1.55 bits per heavy atom. The van der Waals surface area contributed by atoms with Gasteiger partial charge in [-0.2, -0.15) is 0 Å². The number of fused-ring (bicyclic) bond motifs is 1. The number of hydrogen-bond donors (Lipinski definition) is 0. The van der Waals surface area contributed by atoms with E-state index in [1.165, 1.54) is 0 Å². The number of benzene rings is 3. The summed E-state index contributed by atoms with van der Waals surface area (Å²) in [5, 5.41) is 3.94. The molecule has 33 heavy (non-hydrogen) atoms. The van der Waals surface area contributed by atoms with Crippen molar-refractivity contribution >= 4 is 33.9 Å². The van der Waals surface area contributed by atoms with Gasteiger partial charge in [0.2, 0.25) is 5.91 Å². The Morgan fingerprint density at radius 3 is 2.27 bits per heavy atom. The molecule has 0 aliphatic heterocycles. The van der Waals surface area contributed by atoms with Gasteiger partial charge in [0, 0.05) is 23.0 Å². The van der Waals surface area contributed by atoms with E-state index in [0.29, 0.717) is 18.7 Å². The van der Waals surface area contributed by atoms with Gasteiger partial charge in [0.05, 0.1) is 6.54 Å². The van der Waals surface area contributed by atoms with Gasteiger partial charge < -0.3 is 9.80 Å². The van der Waals surface area contributed by atoms with Gasteiger partial charge in [0.15, 0.2) is 0 Å². The van der Waals surface area contributed by atoms with Crippen LogP contribution in [-0.4, -0.2) is 34.2 Å². The summed E-state index contributed by atoms with van der Waals surface area (Å²) in [5.74, 6) is -0.180. The first-order chi connectivity index (χ1) is 16.0. The van der Waals surface area contributed by atoms with Crippen molar-refractivity contribution in [1.29, 1.82) is 0 Å². The van der Waals surface area contributed by atoms with Gasteiger partial charge in [-0.1, -0.05) is 72.8 Å². The molecule has 168 valence electrons. The first kappa shape index (κ1) is 22.7. The number of nitrogens with zero attached hydrogens (tertiary/aromatic N) is 2. The molecule has 2 amide bonds. The average molecular weight is 457 g/mol. The number of thiophene rings is 1. The lowest BCUT2D eigenvalue weighted by molar-refractivity contribution is -0.133. The quantitative estimate of drug-likeness (QED) is 0.327. The number of rotatable bonds is 8. The monoisotopic (exact) mass is 456 g/mol. The Labute approximate surface area is 199 Å². The predicted molar refractivity (Wildman–Crippen MR) is 135 cm³/mol. The second-order valence-corrected chi connectivity index (χ2v) is 9.40. The van der Waals surface area contributed by atoms with Crippen molar-refractivity contribution in [3.05, 3.63) is 106 Å². The standard InChI is InChI=1S/C28H28N2O2S/c1-21(2)30(28(32)26-16-8-13-23-12-6-7-15-25(23)26)20-27(31)29(19-24-14-9-17-33-24)18-22-10-4-3-5-11-22/h3-17,21H,18-20H2,1-2H3. The first-order valence-electron chi connectivity index (χ1n) is 11.2. The highest BCUT2D eigenvalue weighted by atomic mass is 32.1. The van der Waals surface area contributed by atoms with E-state index in [4.69, 9.17) is 0 Å². The Bertz CT molecular complexity index is 1210. The lowest BCUT2D eigenvalue weighted by Gasteiger charge is -2.30. The molecule has 0 saturated heterocycles. The molecule has 0 fully saturated rings. The molecule has 4 rings (SSSR count). The van der Waals surface area contributed by atoms with Gasteiger partial charge in [-0.3, -0.25) is 9.59 Å². The Hall–Kier alpha value is -3.44. The van der Waals surface area contributed by atoms with Crippen molar-refractivity contribution in [1.82, 2.24) is 9.80 Å². The van der Waals surface area contributed by atoms with Gasteiger partial charge in [0.1, 0.15) is 6.54 Å². The average Bonchev–Trinajstić information content (AvgIpc) is 3.35. The maximum absolute atomic E-state index is 13.6. The van der Waals surface area contributed by atoms with E-state index in [1.54, 1.807) is 16.2 Å². The molecule has 0 aliphatic rings. The molecular formula is C28H28N2O2S. The van der Waals surface area contributed by atoms with E-state index in [1.807, 2.05) is 109 Å². The fourth-order valence-electron chi connectivity index (χ4n) is 3.93. The van der Waals surface area contributed by atoms with Crippen LogP contribution in [0.3, 0.4) is 0 Å². The summed E-state index contributed by atoms with van der Waals surface area (Å²) in [6, 6.07) is 27.5. The maximum Gasteiger partial charge on any atom is 0.255 e. The zero-order chi connectivity index (χ0) is 23.2. The highest BCUT2D eigenvalue weighted by Crippen LogP contribution is 2.22. The van der Waals surface area contributed by atoms with Gasteiger partial charge >= 0.3 is 0 Å². The van der Waals surface area contributed by atoms with Gasteiger partial charge in [-0.05, 0) is 47.7 Å². The lowest BCUT2D eigenvalue weighted by atomic mass is 10.0. The molecule has 5 heteroatoms. The van der Waals surface area contributed by atoms with Crippen molar-refractivity contribution in [3.63, 3.8) is 0 Å². The second kappa shape index (κ2) is 10.5. The zero-order valence-corrected chi connectivity index (χ0v) is 19.8. The largest absolute Gasteiger partial charge is 0.332 e. The number of carbonyl (C=O) groups is 2. The van der Waals surface area contributed by atoms with Crippen LogP contribution < -0.4 is 0 Å². The first-order valence-corrected chi connectivity index (χ1v) is 12.0. The van der Waals surface area contributed by atoms with Crippen molar-refractivity contribution in [2.75, 3.05) is 6.54 Å². The molecule has 4 aromatic rings. The maximum atomic E-state index is 13.6. The molecule has 0 aliphatic carbocycles. The molecular weight excluding hydrogens is 428 g/mol. The minimum atomic E-state index is -0.120. The molecule has 3 aromatic carbocycles. The Balaban J connectivity index is 1.59. The third-order valence-electron chi connectivity index (χ3n) is 5.71. The fraction of sp³-hybridized carbons (Fsp3) is 0.214. The highest BCUT2D eigenvalue weighted by molar-refractivity contribution is 7.09. The van der Waals surface area contributed by atoms with E-state index < -0.39 is 0 Å². The van der Waals surface area contributed by atoms with E-state index in [9.17, 15) is 9.59 Å². The van der Waals surface area contributed by atoms with E-state index >= 15 is 0 Å². The topological polar surface area (TPSA) is 40.6 Å². The minimum Gasteiger partial charge on any atom is -0.332 e. The van der Waals surface area contributed by atoms with Crippen LogP contribution in [0.4, 0.5) is 0 Å².